The minimum Gasteiger partial charge on any atom is -0.304 e. The molecule has 0 saturated carbocycles. The minimum atomic E-state index is -0.459. The van der Waals surface area contributed by atoms with E-state index in [1.807, 2.05) is 18.7 Å². The van der Waals surface area contributed by atoms with E-state index in [0.29, 0.717) is 0 Å². The maximum atomic E-state index is 13.0. The summed E-state index contributed by atoms with van der Waals surface area (Å²) >= 11 is 0. The number of hydrogen-bond acceptors (Lipinski definition) is 1. The number of amides is 1. The van der Waals surface area contributed by atoms with Gasteiger partial charge in [0.2, 0.25) is 5.91 Å². The van der Waals surface area contributed by atoms with Crippen LogP contribution in [0.5, 0.6) is 0 Å². The molecule has 1 amide bonds. The molecule has 1 heterocycles. The van der Waals surface area contributed by atoms with E-state index in [0.717, 1.165) is 11.3 Å². The molecule has 0 bridgehead atoms. The van der Waals surface area contributed by atoms with Crippen LogP contribution in [0.4, 0.5) is 5.69 Å². The predicted molar refractivity (Wildman–Crippen MR) is 91.3 cm³/mol. The maximum absolute atomic E-state index is 13.0. The molecule has 2 aromatic rings. The first-order valence-electron chi connectivity index (χ1n) is 7.83. The van der Waals surface area contributed by atoms with Crippen LogP contribution in [0.15, 0.2) is 42.5 Å². The van der Waals surface area contributed by atoms with Crippen molar-refractivity contribution in [2.45, 2.75) is 46.1 Å². The van der Waals surface area contributed by atoms with E-state index >= 15 is 0 Å². The number of aryl methyl sites for hydroxylation is 2. The average Bonchev–Trinajstić information content (AvgIpc) is 2.66. The molecule has 2 heteroatoms. The summed E-state index contributed by atoms with van der Waals surface area (Å²) in [5.74, 6) is 0.183. The smallest absolute Gasteiger partial charge is 0.237 e. The molecule has 1 unspecified atom stereocenters. The number of carbonyl (C=O) groups is 1. The van der Waals surface area contributed by atoms with Crippen LogP contribution in [-0.4, -0.2) is 5.91 Å². The Bertz CT molecular complexity index is 745. The van der Waals surface area contributed by atoms with Gasteiger partial charge < -0.3 is 4.90 Å². The van der Waals surface area contributed by atoms with Crippen molar-refractivity contribution in [3.8, 4) is 0 Å². The van der Waals surface area contributed by atoms with Crippen LogP contribution in [0, 0.1) is 13.8 Å². The monoisotopic (exact) mass is 293 g/mol. The van der Waals surface area contributed by atoms with Crippen molar-refractivity contribution in [1.82, 2.24) is 0 Å². The van der Waals surface area contributed by atoms with Crippen LogP contribution in [0.2, 0.25) is 0 Å². The number of hydrogen-bond donors (Lipinski definition) is 0. The fourth-order valence-electron chi connectivity index (χ4n) is 3.35. The lowest BCUT2D eigenvalue weighted by molar-refractivity contribution is -0.122. The first kappa shape index (κ1) is 14.8. The lowest BCUT2D eigenvalue weighted by Gasteiger charge is -2.27. The Morgan fingerprint density at radius 2 is 1.68 bits per heavy atom. The molecular weight excluding hydrogens is 270 g/mol. The molecule has 0 saturated heterocycles. The van der Waals surface area contributed by atoms with Gasteiger partial charge in [-0.25, -0.2) is 0 Å². The molecule has 0 N–H and O–H groups in total. The highest BCUT2D eigenvalue weighted by Gasteiger charge is 2.45. The number of carbonyl (C=O) groups excluding carboxylic acids is 1. The van der Waals surface area contributed by atoms with Gasteiger partial charge in [-0.2, -0.15) is 0 Å². The second-order valence-electron chi connectivity index (χ2n) is 6.91. The van der Waals surface area contributed by atoms with E-state index in [2.05, 4.69) is 63.2 Å². The van der Waals surface area contributed by atoms with Crippen LogP contribution < -0.4 is 4.90 Å². The Morgan fingerprint density at radius 3 is 2.36 bits per heavy atom. The first-order chi connectivity index (χ1) is 10.3. The quantitative estimate of drug-likeness (QED) is 0.786. The highest BCUT2D eigenvalue weighted by Crippen LogP contribution is 2.45. The van der Waals surface area contributed by atoms with E-state index in [1.165, 1.54) is 16.7 Å². The van der Waals surface area contributed by atoms with Gasteiger partial charge in [0, 0.05) is 5.69 Å². The standard InChI is InChI=1S/C20H23NO/c1-13-7-6-8-16(11-13)15(3)21-18-10-9-14(2)12-17(18)20(4,5)19(21)22/h6-12,15H,1-5H3. The van der Waals surface area contributed by atoms with E-state index in [-0.39, 0.29) is 11.9 Å². The maximum Gasteiger partial charge on any atom is 0.237 e. The topological polar surface area (TPSA) is 20.3 Å². The Kier molecular flexibility index (Phi) is 3.36. The lowest BCUT2D eigenvalue weighted by atomic mass is 9.85. The third-order valence-electron chi connectivity index (χ3n) is 4.75. The van der Waals surface area contributed by atoms with Crippen molar-refractivity contribution >= 4 is 11.6 Å². The molecule has 0 radical (unpaired) electrons. The van der Waals surface area contributed by atoms with Gasteiger partial charge in [-0.15, -0.1) is 0 Å². The van der Waals surface area contributed by atoms with Crippen molar-refractivity contribution in [1.29, 1.82) is 0 Å². The summed E-state index contributed by atoms with van der Waals surface area (Å²) < 4.78 is 0. The van der Waals surface area contributed by atoms with Gasteiger partial charge in [-0.3, -0.25) is 4.79 Å². The highest BCUT2D eigenvalue weighted by atomic mass is 16.2. The molecule has 1 aliphatic heterocycles. The summed E-state index contributed by atoms with van der Waals surface area (Å²) in [6.45, 7) is 10.3. The van der Waals surface area contributed by atoms with Crippen LogP contribution in [0.25, 0.3) is 0 Å². The molecule has 114 valence electrons. The summed E-state index contributed by atoms with van der Waals surface area (Å²) in [6, 6.07) is 14.8. The zero-order valence-electron chi connectivity index (χ0n) is 14.0. The second kappa shape index (κ2) is 4.98. The van der Waals surface area contributed by atoms with Crippen molar-refractivity contribution in [3.63, 3.8) is 0 Å². The van der Waals surface area contributed by atoms with E-state index in [1.54, 1.807) is 0 Å². The number of benzene rings is 2. The first-order valence-corrected chi connectivity index (χ1v) is 7.83. The summed E-state index contributed by atoms with van der Waals surface area (Å²) in [4.78, 5) is 15.0. The minimum absolute atomic E-state index is 0.0376. The van der Waals surface area contributed by atoms with Gasteiger partial charge in [-0.05, 0) is 51.8 Å². The molecule has 0 spiro atoms. The third kappa shape index (κ3) is 2.14. The summed E-state index contributed by atoms with van der Waals surface area (Å²) in [7, 11) is 0. The van der Waals surface area contributed by atoms with Crippen LogP contribution in [-0.2, 0) is 10.2 Å². The number of nitrogens with zero attached hydrogens (tertiary/aromatic N) is 1. The molecule has 2 aromatic carbocycles. The van der Waals surface area contributed by atoms with Crippen molar-refractivity contribution < 1.29 is 4.79 Å². The van der Waals surface area contributed by atoms with Crippen molar-refractivity contribution in [2.24, 2.45) is 0 Å². The normalized spacial score (nSPS) is 17.5. The summed E-state index contributed by atoms with van der Waals surface area (Å²) in [5, 5.41) is 0. The summed E-state index contributed by atoms with van der Waals surface area (Å²) in [6.07, 6.45) is 0. The summed E-state index contributed by atoms with van der Waals surface area (Å²) in [5.41, 5.74) is 5.33. The molecule has 0 aromatic heterocycles. The van der Waals surface area contributed by atoms with E-state index < -0.39 is 5.41 Å². The zero-order valence-corrected chi connectivity index (χ0v) is 14.0. The van der Waals surface area contributed by atoms with Gasteiger partial charge in [-0.1, -0.05) is 47.5 Å². The molecule has 1 aliphatic rings. The Morgan fingerprint density at radius 1 is 1.00 bits per heavy atom. The van der Waals surface area contributed by atoms with Gasteiger partial charge >= 0.3 is 0 Å². The van der Waals surface area contributed by atoms with Gasteiger partial charge in [0.25, 0.3) is 0 Å². The largest absolute Gasteiger partial charge is 0.304 e. The Labute approximate surface area is 132 Å². The third-order valence-corrected chi connectivity index (χ3v) is 4.75. The fraction of sp³-hybridized carbons (Fsp3) is 0.350. The van der Waals surface area contributed by atoms with Crippen molar-refractivity contribution in [2.75, 3.05) is 4.90 Å². The molecule has 2 nitrogen and oxygen atoms in total. The zero-order chi connectivity index (χ0) is 16.1. The Balaban J connectivity index is 2.11. The van der Waals surface area contributed by atoms with E-state index in [4.69, 9.17) is 0 Å². The highest BCUT2D eigenvalue weighted by molar-refractivity contribution is 6.08. The van der Waals surface area contributed by atoms with Crippen LogP contribution in [0.3, 0.4) is 0 Å². The van der Waals surface area contributed by atoms with Gasteiger partial charge in [0.05, 0.1) is 11.5 Å². The van der Waals surface area contributed by atoms with Gasteiger partial charge in [0.15, 0.2) is 0 Å². The second-order valence-corrected chi connectivity index (χ2v) is 6.91. The molecular formula is C20H23NO. The lowest BCUT2D eigenvalue weighted by Crippen LogP contribution is -2.37. The molecule has 1 atom stereocenters. The van der Waals surface area contributed by atoms with Crippen LogP contribution in [0.1, 0.15) is 49.1 Å². The molecule has 0 aliphatic carbocycles. The molecule has 22 heavy (non-hydrogen) atoms. The van der Waals surface area contributed by atoms with Crippen LogP contribution >= 0.6 is 0 Å². The fourth-order valence-corrected chi connectivity index (χ4v) is 3.35. The van der Waals surface area contributed by atoms with Gasteiger partial charge in [0.1, 0.15) is 0 Å². The number of rotatable bonds is 2. The Hall–Kier alpha value is -2.09. The molecule has 0 fully saturated rings. The SMILES string of the molecule is Cc1cccc(C(C)N2C(=O)C(C)(C)c3cc(C)ccc32)c1. The van der Waals surface area contributed by atoms with E-state index in [9.17, 15) is 4.79 Å². The average molecular weight is 293 g/mol. The predicted octanol–water partition coefficient (Wildman–Crippen LogP) is 4.69. The number of fused-ring (bicyclic) bond motifs is 1. The number of anilines is 1. The van der Waals surface area contributed by atoms with Crippen molar-refractivity contribution in [3.05, 3.63) is 64.7 Å². The molecule has 3 rings (SSSR count).